The quantitative estimate of drug-likeness (QED) is 0.0894. The molecule has 6 aromatic rings. The Balaban J connectivity index is 1.19. The second kappa shape index (κ2) is 15.5. The van der Waals surface area contributed by atoms with Gasteiger partial charge in [0.25, 0.3) is 0 Å². The number of carbonyl (C=O) groups is 2. The number of ether oxygens (including phenoxy) is 1. The highest BCUT2D eigenvalue weighted by molar-refractivity contribution is 8.00. The fourth-order valence-electron chi connectivity index (χ4n) is 6.86. The summed E-state index contributed by atoms with van der Waals surface area (Å²) in [5.41, 5.74) is 6.45. The number of pyridine rings is 1. The van der Waals surface area contributed by atoms with Gasteiger partial charge in [-0.15, -0.1) is 11.8 Å². The number of hydrogen-bond donors (Lipinski definition) is 1. The average Bonchev–Trinajstić information content (AvgIpc) is 3.87. The highest BCUT2D eigenvalue weighted by Gasteiger charge is 2.25. The Morgan fingerprint density at radius 2 is 1.58 bits per heavy atom. The van der Waals surface area contributed by atoms with E-state index in [2.05, 4.69) is 92.2 Å². The summed E-state index contributed by atoms with van der Waals surface area (Å²) in [5.74, 6) is 1.35. The summed E-state index contributed by atoms with van der Waals surface area (Å²) in [5, 5.41) is 6.47. The fraction of sp³-hybridized carbons (Fsp3) is 0.364. The molecule has 0 spiro atoms. The number of nitrogens with zero attached hydrogens (tertiary/aromatic N) is 3. The smallest absolute Gasteiger partial charge is 0.312 e. The molecule has 0 saturated heterocycles. The van der Waals surface area contributed by atoms with Crippen LogP contribution in [-0.2, 0) is 46.9 Å². The number of fused-ring (bicyclic) bond motifs is 4. The molecule has 1 amide bonds. The first-order chi connectivity index (χ1) is 25.1. The van der Waals surface area contributed by atoms with Crippen molar-refractivity contribution in [2.75, 3.05) is 0 Å². The second-order valence-electron chi connectivity index (χ2n) is 15.0. The Labute approximate surface area is 310 Å². The monoisotopic (exact) mass is 712 g/mol. The third-order valence-electron chi connectivity index (χ3n) is 9.63. The second-order valence-corrected chi connectivity index (χ2v) is 16.9. The lowest BCUT2D eigenvalue weighted by Crippen LogP contribution is -2.23. The molecule has 1 aliphatic rings. The Hall–Kier alpha value is -4.69. The lowest BCUT2D eigenvalue weighted by Gasteiger charge is -2.17. The SMILES string of the molecule is CCCCc1nc2c(CC(=O)OCc3ccc(SC(C)(C)C)cc3)nc3ccccc3c2n1Cc1ccc(CNC(=O)CC2CC2)c2ccccc12. The number of nitrogens with one attached hydrogen (secondary N) is 1. The molecule has 1 fully saturated rings. The van der Waals surface area contributed by atoms with Gasteiger partial charge in [-0.25, -0.2) is 9.97 Å². The molecule has 0 bridgehead atoms. The Morgan fingerprint density at radius 1 is 0.885 bits per heavy atom. The van der Waals surface area contributed by atoms with E-state index < -0.39 is 0 Å². The molecule has 1 saturated carbocycles. The summed E-state index contributed by atoms with van der Waals surface area (Å²) in [6.45, 7) is 10.1. The molecule has 8 heteroatoms. The highest BCUT2D eigenvalue weighted by Crippen LogP contribution is 2.34. The van der Waals surface area contributed by atoms with Crippen molar-refractivity contribution in [3.05, 3.63) is 113 Å². The third kappa shape index (κ3) is 8.50. The van der Waals surface area contributed by atoms with Crippen molar-refractivity contribution >= 4 is 56.3 Å². The van der Waals surface area contributed by atoms with Crippen molar-refractivity contribution in [2.45, 2.75) is 102 Å². The number of imidazole rings is 1. The normalized spacial score (nSPS) is 13.2. The van der Waals surface area contributed by atoms with Gasteiger partial charge in [0, 0.05) is 41.0 Å². The first kappa shape index (κ1) is 35.7. The summed E-state index contributed by atoms with van der Waals surface area (Å²) in [4.78, 5) is 37.3. The van der Waals surface area contributed by atoms with E-state index in [0.717, 1.165) is 81.8 Å². The van der Waals surface area contributed by atoms with E-state index >= 15 is 0 Å². The van der Waals surface area contributed by atoms with Gasteiger partial charge in [-0.3, -0.25) is 9.59 Å². The van der Waals surface area contributed by atoms with Crippen LogP contribution in [0.3, 0.4) is 0 Å². The topological polar surface area (TPSA) is 86.1 Å². The number of carbonyl (C=O) groups excluding carboxylic acids is 2. The maximum atomic E-state index is 13.4. The van der Waals surface area contributed by atoms with Crippen LogP contribution in [0, 0.1) is 5.92 Å². The summed E-state index contributed by atoms with van der Waals surface area (Å²) < 4.78 is 8.26. The van der Waals surface area contributed by atoms with Crippen molar-refractivity contribution in [3.8, 4) is 0 Å². The van der Waals surface area contributed by atoms with E-state index in [1.54, 1.807) is 0 Å². The van der Waals surface area contributed by atoms with Crippen LogP contribution in [0.4, 0.5) is 0 Å². The summed E-state index contributed by atoms with van der Waals surface area (Å²) in [6, 6.07) is 29.1. The van der Waals surface area contributed by atoms with Crippen LogP contribution in [0.2, 0.25) is 0 Å². The van der Waals surface area contributed by atoms with Gasteiger partial charge in [-0.05, 0) is 70.8 Å². The van der Waals surface area contributed by atoms with Crippen LogP contribution < -0.4 is 5.32 Å². The van der Waals surface area contributed by atoms with E-state index in [0.29, 0.717) is 31.1 Å². The third-order valence-corrected chi connectivity index (χ3v) is 10.7. The number of hydrogen-bond acceptors (Lipinski definition) is 6. The minimum Gasteiger partial charge on any atom is -0.461 e. The number of esters is 1. The molecule has 1 N–H and O–H groups in total. The van der Waals surface area contributed by atoms with Crippen LogP contribution >= 0.6 is 11.8 Å². The predicted molar refractivity (Wildman–Crippen MR) is 211 cm³/mol. The zero-order valence-corrected chi connectivity index (χ0v) is 31.5. The molecule has 2 aromatic heterocycles. The van der Waals surface area contributed by atoms with Crippen molar-refractivity contribution < 1.29 is 14.3 Å². The Kier molecular flexibility index (Phi) is 10.6. The number of rotatable bonds is 14. The van der Waals surface area contributed by atoms with Crippen LogP contribution in [0.5, 0.6) is 0 Å². The fourth-order valence-corrected chi connectivity index (χ4v) is 7.84. The van der Waals surface area contributed by atoms with Crippen molar-refractivity contribution in [1.29, 1.82) is 0 Å². The zero-order valence-electron chi connectivity index (χ0n) is 30.7. The molecule has 7 rings (SSSR count). The molecule has 0 unspecified atom stereocenters. The molecule has 4 aromatic carbocycles. The average molecular weight is 713 g/mol. The molecule has 7 nitrogen and oxygen atoms in total. The van der Waals surface area contributed by atoms with Crippen molar-refractivity contribution in [1.82, 2.24) is 19.9 Å². The molecule has 0 aliphatic heterocycles. The molecule has 268 valence electrons. The van der Waals surface area contributed by atoms with Crippen LogP contribution in [0.15, 0.2) is 89.8 Å². The van der Waals surface area contributed by atoms with E-state index in [4.69, 9.17) is 14.7 Å². The van der Waals surface area contributed by atoms with Gasteiger partial charge < -0.3 is 14.6 Å². The number of unbranched alkanes of at least 4 members (excludes halogenated alkanes) is 1. The van der Waals surface area contributed by atoms with Crippen molar-refractivity contribution in [3.63, 3.8) is 0 Å². The lowest BCUT2D eigenvalue weighted by molar-refractivity contribution is -0.144. The minimum absolute atomic E-state index is 0.0353. The molecule has 0 atom stereocenters. The largest absolute Gasteiger partial charge is 0.461 e. The molecule has 1 aliphatic carbocycles. The maximum absolute atomic E-state index is 13.4. The van der Waals surface area contributed by atoms with Gasteiger partial charge in [-0.1, -0.05) is 101 Å². The summed E-state index contributed by atoms with van der Waals surface area (Å²) in [7, 11) is 0. The molecule has 0 radical (unpaired) electrons. The van der Waals surface area contributed by atoms with E-state index in [9.17, 15) is 9.59 Å². The number of aryl methyl sites for hydroxylation is 1. The van der Waals surface area contributed by atoms with E-state index in [-0.39, 0.29) is 29.7 Å². The minimum atomic E-state index is -0.326. The van der Waals surface area contributed by atoms with Crippen molar-refractivity contribution in [2.24, 2.45) is 5.92 Å². The standard InChI is InChI=1S/C44H48N4O3S/c1-5-6-15-39-47-42-38(25-41(50)51-28-30-18-22-33(23-19-30)52-44(2,3)4)46-37-14-10-9-13-36(37)43(42)48(39)27-32-21-20-31(34-11-7-8-12-35(32)34)26-45-40(49)24-29-16-17-29/h7-14,18-23,29H,5-6,15-17,24-28H2,1-4H3,(H,45,49). The van der Waals surface area contributed by atoms with Gasteiger partial charge in [0.2, 0.25) is 5.91 Å². The van der Waals surface area contributed by atoms with E-state index in [1.807, 2.05) is 42.1 Å². The summed E-state index contributed by atoms with van der Waals surface area (Å²) >= 11 is 1.81. The van der Waals surface area contributed by atoms with Gasteiger partial charge in [0.05, 0.1) is 23.1 Å². The Bertz CT molecular complexity index is 2230. The number of thioether (sulfide) groups is 1. The molecular weight excluding hydrogens is 665 g/mol. The first-order valence-electron chi connectivity index (χ1n) is 18.6. The zero-order chi connectivity index (χ0) is 36.2. The number of aromatic nitrogens is 3. The van der Waals surface area contributed by atoms with Gasteiger partial charge >= 0.3 is 5.97 Å². The predicted octanol–water partition coefficient (Wildman–Crippen LogP) is 9.72. The molecule has 52 heavy (non-hydrogen) atoms. The number of para-hydroxylation sites is 1. The Morgan fingerprint density at radius 3 is 2.29 bits per heavy atom. The maximum Gasteiger partial charge on any atom is 0.312 e. The van der Waals surface area contributed by atoms with Crippen LogP contribution in [0.1, 0.15) is 88.0 Å². The van der Waals surface area contributed by atoms with Gasteiger partial charge in [0.15, 0.2) is 0 Å². The lowest BCUT2D eigenvalue weighted by atomic mass is 9.99. The molecular formula is C44H48N4O3S. The van der Waals surface area contributed by atoms with Gasteiger partial charge in [-0.2, -0.15) is 0 Å². The van der Waals surface area contributed by atoms with Crippen LogP contribution in [-0.4, -0.2) is 31.2 Å². The van der Waals surface area contributed by atoms with E-state index in [1.165, 1.54) is 10.5 Å². The number of benzene rings is 4. The van der Waals surface area contributed by atoms with Gasteiger partial charge in [0.1, 0.15) is 17.9 Å². The summed E-state index contributed by atoms with van der Waals surface area (Å²) in [6.07, 6.45) is 5.84. The number of amides is 1. The highest BCUT2D eigenvalue weighted by atomic mass is 32.2. The van der Waals surface area contributed by atoms with Crippen LogP contribution in [0.25, 0.3) is 32.7 Å². The first-order valence-corrected chi connectivity index (χ1v) is 19.4. The molecule has 2 heterocycles.